The topological polar surface area (TPSA) is 141 Å². The van der Waals surface area contributed by atoms with Gasteiger partial charge in [0.15, 0.2) is 17.2 Å². The van der Waals surface area contributed by atoms with Crippen LogP contribution in [0.5, 0.6) is 0 Å². The van der Waals surface area contributed by atoms with E-state index in [9.17, 15) is 14.4 Å². The zero-order chi connectivity index (χ0) is 29.5. The van der Waals surface area contributed by atoms with Crippen molar-refractivity contribution in [3.63, 3.8) is 0 Å². The SMILES string of the molecule is CO[C@@H]1CCC1NC(=O)c1cnc2c(N(C)C(=O)OC(C)(C)C)cc(Nc3cccn([C@H]4C[C@H](OC)C4)c3=O)nn12. The zero-order valence-electron chi connectivity index (χ0n) is 24.2. The zero-order valence-corrected chi connectivity index (χ0v) is 24.2. The van der Waals surface area contributed by atoms with E-state index in [1.807, 2.05) is 0 Å². The van der Waals surface area contributed by atoms with Crippen LogP contribution in [0.25, 0.3) is 5.65 Å². The molecule has 3 aromatic heterocycles. The van der Waals surface area contributed by atoms with Gasteiger partial charge in [-0.15, -0.1) is 5.10 Å². The van der Waals surface area contributed by atoms with Gasteiger partial charge < -0.3 is 29.4 Å². The minimum Gasteiger partial charge on any atom is -0.443 e. The first-order chi connectivity index (χ1) is 19.5. The van der Waals surface area contributed by atoms with Gasteiger partial charge in [0, 0.05) is 39.6 Å². The number of hydrogen-bond donors (Lipinski definition) is 2. The third kappa shape index (κ3) is 5.77. The predicted octanol–water partition coefficient (Wildman–Crippen LogP) is 3.26. The van der Waals surface area contributed by atoms with Crippen molar-refractivity contribution in [1.29, 1.82) is 0 Å². The monoisotopic (exact) mass is 567 g/mol. The number of pyridine rings is 1. The first-order valence-electron chi connectivity index (χ1n) is 13.7. The van der Waals surface area contributed by atoms with Gasteiger partial charge in [0.25, 0.3) is 11.5 Å². The van der Waals surface area contributed by atoms with E-state index in [2.05, 4.69) is 20.7 Å². The number of imidazole rings is 1. The van der Waals surface area contributed by atoms with Crippen LogP contribution in [0, 0.1) is 0 Å². The second-order valence-electron chi connectivity index (χ2n) is 11.5. The molecule has 2 atom stereocenters. The molecule has 13 nitrogen and oxygen atoms in total. The number of rotatable bonds is 8. The van der Waals surface area contributed by atoms with Crippen LogP contribution < -0.4 is 21.1 Å². The summed E-state index contributed by atoms with van der Waals surface area (Å²) in [5.41, 5.74) is 0.151. The Morgan fingerprint density at radius 3 is 2.54 bits per heavy atom. The number of amides is 2. The highest BCUT2D eigenvalue weighted by atomic mass is 16.6. The third-order valence-corrected chi connectivity index (χ3v) is 7.57. The van der Waals surface area contributed by atoms with Gasteiger partial charge in [-0.2, -0.15) is 0 Å². The maximum Gasteiger partial charge on any atom is 0.414 e. The van der Waals surface area contributed by atoms with Crippen LogP contribution in [0.3, 0.4) is 0 Å². The normalized spacial score (nSPS) is 22.0. The molecule has 220 valence electrons. The van der Waals surface area contributed by atoms with Gasteiger partial charge in [-0.05, 0) is 58.6 Å². The predicted molar refractivity (Wildman–Crippen MR) is 152 cm³/mol. The molecule has 41 heavy (non-hydrogen) atoms. The molecule has 2 aliphatic rings. The number of methoxy groups -OCH3 is 2. The number of ether oxygens (including phenoxy) is 3. The molecular formula is C28H37N7O6. The van der Waals surface area contributed by atoms with Crippen LogP contribution in [-0.4, -0.2) is 76.3 Å². The van der Waals surface area contributed by atoms with Crippen molar-refractivity contribution in [2.24, 2.45) is 0 Å². The molecular weight excluding hydrogens is 530 g/mol. The molecule has 3 heterocycles. The van der Waals surface area contributed by atoms with Crippen LogP contribution in [0.2, 0.25) is 0 Å². The maximum absolute atomic E-state index is 13.3. The van der Waals surface area contributed by atoms with Crippen molar-refractivity contribution < 1.29 is 23.8 Å². The Kier molecular flexibility index (Phi) is 7.75. The van der Waals surface area contributed by atoms with Crippen LogP contribution in [0.1, 0.15) is 63.0 Å². The standard InChI is InChI=1S/C28H37N7O6/c1-28(2,3)41-27(38)33(4)20-14-23(30-19-8-7-11-34(26(19)37)16-12-17(13-16)39-5)32-35-21(15-29-24(20)35)25(36)31-18-9-10-22(18)40-6/h7-8,11,14-18,22H,9-10,12-13H2,1-6H3,(H,30,32)(H,31,36)/t16-,17-,18?,22-/m1/s1. The summed E-state index contributed by atoms with van der Waals surface area (Å²) < 4.78 is 19.4. The van der Waals surface area contributed by atoms with Gasteiger partial charge >= 0.3 is 6.09 Å². The summed E-state index contributed by atoms with van der Waals surface area (Å²) in [4.78, 5) is 45.3. The summed E-state index contributed by atoms with van der Waals surface area (Å²) >= 11 is 0. The Labute approximate surface area is 237 Å². The van der Waals surface area contributed by atoms with Crippen LogP contribution in [0.4, 0.5) is 22.0 Å². The van der Waals surface area contributed by atoms with E-state index < -0.39 is 11.7 Å². The second-order valence-corrected chi connectivity index (χ2v) is 11.5. The summed E-state index contributed by atoms with van der Waals surface area (Å²) in [6, 6.07) is 4.98. The summed E-state index contributed by atoms with van der Waals surface area (Å²) in [5, 5.41) is 10.7. The number of carbonyl (C=O) groups excluding carboxylic acids is 2. The quantitative estimate of drug-likeness (QED) is 0.419. The molecule has 0 saturated heterocycles. The highest BCUT2D eigenvalue weighted by Gasteiger charge is 2.34. The van der Waals surface area contributed by atoms with E-state index in [0.717, 1.165) is 25.7 Å². The Bertz CT molecular complexity index is 1500. The average molecular weight is 568 g/mol. The Morgan fingerprint density at radius 1 is 1.15 bits per heavy atom. The molecule has 0 radical (unpaired) electrons. The lowest BCUT2D eigenvalue weighted by molar-refractivity contribution is 0.00522. The van der Waals surface area contributed by atoms with E-state index in [1.54, 1.807) is 71.0 Å². The van der Waals surface area contributed by atoms with E-state index >= 15 is 0 Å². The van der Waals surface area contributed by atoms with Crippen LogP contribution in [-0.2, 0) is 14.2 Å². The first kappa shape index (κ1) is 28.6. The van der Waals surface area contributed by atoms with Crippen LogP contribution >= 0.6 is 0 Å². The number of fused-ring (bicyclic) bond motifs is 1. The first-order valence-corrected chi connectivity index (χ1v) is 13.7. The van der Waals surface area contributed by atoms with Crippen LogP contribution in [0.15, 0.2) is 35.4 Å². The fourth-order valence-corrected chi connectivity index (χ4v) is 4.99. The maximum atomic E-state index is 13.3. The Morgan fingerprint density at radius 2 is 1.90 bits per heavy atom. The van der Waals surface area contributed by atoms with Crippen molar-refractivity contribution in [3.05, 3.63) is 46.6 Å². The fraction of sp³-hybridized carbons (Fsp3) is 0.536. The average Bonchev–Trinajstić information content (AvgIpc) is 3.30. The molecule has 0 aromatic carbocycles. The number of anilines is 3. The summed E-state index contributed by atoms with van der Waals surface area (Å²) in [6.07, 6.45) is 5.84. The molecule has 0 bridgehead atoms. The minimum atomic E-state index is -0.727. The molecule has 2 saturated carbocycles. The molecule has 3 aromatic rings. The van der Waals surface area contributed by atoms with E-state index in [0.29, 0.717) is 11.4 Å². The number of hydrogen-bond acceptors (Lipinski definition) is 9. The minimum absolute atomic E-state index is 0.0462. The molecule has 0 spiro atoms. The lowest BCUT2D eigenvalue weighted by atomic mass is 9.89. The molecule has 13 heteroatoms. The Hall–Kier alpha value is -3.97. The lowest BCUT2D eigenvalue weighted by Crippen LogP contribution is -2.51. The molecule has 0 aliphatic heterocycles. The lowest BCUT2D eigenvalue weighted by Gasteiger charge is -2.35. The van der Waals surface area contributed by atoms with Crippen molar-refractivity contribution in [2.75, 3.05) is 31.5 Å². The third-order valence-electron chi connectivity index (χ3n) is 7.57. The van der Waals surface area contributed by atoms with Gasteiger partial charge in [0.1, 0.15) is 11.3 Å². The van der Waals surface area contributed by atoms with E-state index in [1.165, 1.54) is 15.6 Å². The van der Waals surface area contributed by atoms with Gasteiger partial charge in [-0.3, -0.25) is 14.5 Å². The summed E-state index contributed by atoms with van der Waals surface area (Å²) in [5.74, 6) is -0.133. The molecule has 2 amide bonds. The van der Waals surface area contributed by atoms with Gasteiger partial charge in [0.05, 0.1) is 30.1 Å². The highest BCUT2D eigenvalue weighted by molar-refractivity contribution is 5.96. The highest BCUT2D eigenvalue weighted by Crippen LogP contribution is 2.33. The van der Waals surface area contributed by atoms with E-state index in [-0.39, 0.29) is 52.9 Å². The number of nitrogens with zero attached hydrogens (tertiary/aromatic N) is 5. The number of carbonyl (C=O) groups is 2. The largest absolute Gasteiger partial charge is 0.443 e. The smallest absolute Gasteiger partial charge is 0.414 e. The molecule has 2 aliphatic carbocycles. The molecule has 2 N–H and O–H groups in total. The second kappa shape index (κ2) is 11.1. The molecule has 1 unspecified atom stereocenters. The number of aromatic nitrogens is 4. The summed E-state index contributed by atoms with van der Waals surface area (Å²) in [7, 11) is 4.84. The van der Waals surface area contributed by atoms with Gasteiger partial charge in [0.2, 0.25) is 0 Å². The summed E-state index contributed by atoms with van der Waals surface area (Å²) in [6.45, 7) is 5.32. The van der Waals surface area contributed by atoms with Gasteiger partial charge in [-0.25, -0.2) is 14.3 Å². The molecule has 5 rings (SSSR count). The van der Waals surface area contributed by atoms with Crippen molar-refractivity contribution in [1.82, 2.24) is 24.5 Å². The Balaban J connectivity index is 1.51. The van der Waals surface area contributed by atoms with E-state index in [4.69, 9.17) is 14.2 Å². The fourth-order valence-electron chi connectivity index (χ4n) is 4.99. The van der Waals surface area contributed by atoms with Crippen molar-refractivity contribution in [2.45, 2.75) is 76.3 Å². The van der Waals surface area contributed by atoms with Crippen molar-refractivity contribution >= 4 is 34.8 Å². The number of nitrogens with one attached hydrogen (secondary N) is 2. The molecule has 2 fully saturated rings. The van der Waals surface area contributed by atoms with Crippen molar-refractivity contribution in [3.8, 4) is 0 Å². The van der Waals surface area contributed by atoms with Gasteiger partial charge in [-0.1, -0.05) is 0 Å².